The van der Waals surface area contributed by atoms with Gasteiger partial charge in [-0.2, -0.15) is 4.31 Å². The third-order valence-electron chi connectivity index (χ3n) is 6.57. The largest absolute Gasteiger partial charge is 0.494 e. The van der Waals surface area contributed by atoms with Crippen LogP contribution in [-0.2, 0) is 30.8 Å². The van der Waals surface area contributed by atoms with Crippen molar-refractivity contribution in [1.82, 2.24) is 14.9 Å². The Bertz CT molecular complexity index is 1250. The number of nitrogens with two attached hydrogens (primary N) is 1. The van der Waals surface area contributed by atoms with Crippen LogP contribution in [0.3, 0.4) is 0 Å². The summed E-state index contributed by atoms with van der Waals surface area (Å²) in [5.41, 5.74) is 6.14. The zero-order valence-corrected chi connectivity index (χ0v) is 23.6. The van der Waals surface area contributed by atoms with Crippen molar-refractivity contribution >= 4 is 27.7 Å². The molecule has 2 aromatic rings. The van der Waals surface area contributed by atoms with Crippen LogP contribution in [0.25, 0.3) is 0 Å². The van der Waals surface area contributed by atoms with Crippen LogP contribution in [0.1, 0.15) is 38.7 Å². The first-order valence-corrected chi connectivity index (χ1v) is 14.8. The molecule has 3 atom stereocenters. The molecule has 2 aromatic carbocycles. The summed E-state index contributed by atoms with van der Waals surface area (Å²) in [6.45, 7) is 4.02. The highest BCUT2D eigenvalue weighted by molar-refractivity contribution is 7.89. The number of benzene rings is 2. The van der Waals surface area contributed by atoms with E-state index in [0.717, 1.165) is 5.56 Å². The van der Waals surface area contributed by atoms with Crippen molar-refractivity contribution in [2.45, 2.75) is 62.6 Å². The number of aliphatic hydroxyl groups is 1. The second-order valence-corrected chi connectivity index (χ2v) is 12.2. The minimum atomic E-state index is -3.96. The van der Waals surface area contributed by atoms with Crippen LogP contribution in [0.15, 0.2) is 59.5 Å². The lowest BCUT2D eigenvalue weighted by Crippen LogP contribution is -2.59. The smallest absolute Gasteiger partial charge is 0.252 e. The van der Waals surface area contributed by atoms with Gasteiger partial charge in [-0.1, -0.05) is 44.2 Å². The van der Waals surface area contributed by atoms with Crippen LogP contribution in [-0.4, -0.2) is 73.4 Å². The zero-order chi connectivity index (χ0) is 29.3. The van der Waals surface area contributed by atoms with Gasteiger partial charge in [0, 0.05) is 19.5 Å². The Morgan fingerprint density at radius 3 is 2.40 bits per heavy atom. The molecule has 0 unspecified atom stereocenters. The number of primary amides is 1. The van der Waals surface area contributed by atoms with Gasteiger partial charge < -0.3 is 26.2 Å². The van der Waals surface area contributed by atoms with Gasteiger partial charge in [0.15, 0.2) is 6.04 Å². The van der Waals surface area contributed by atoms with Crippen LogP contribution < -0.4 is 21.1 Å². The maximum atomic E-state index is 13.5. The number of amides is 3. The van der Waals surface area contributed by atoms with Crippen LogP contribution in [0.5, 0.6) is 5.75 Å². The molecule has 2 heterocycles. The van der Waals surface area contributed by atoms with Crippen molar-refractivity contribution in [3.63, 3.8) is 0 Å². The second-order valence-electron chi connectivity index (χ2n) is 10.2. The van der Waals surface area contributed by atoms with Gasteiger partial charge in [-0.15, -0.1) is 0 Å². The zero-order valence-electron chi connectivity index (χ0n) is 22.8. The van der Waals surface area contributed by atoms with Crippen LogP contribution in [0, 0.1) is 5.92 Å². The fourth-order valence-electron chi connectivity index (χ4n) is 4.24. The van der Waals surface area contributed by atoms with Gasteiger partial charge in [0.2, 0.25) is 21.8 Å². The molecular formula is C28H38N4O7S. The molecule has 2 bridgehead atoms. The number of rotatable bonds is 9. The minimum absolute atomic E-state index is 0.00333. The number of fused-ring (bicyclic) bond motifs is 12. The molecule has 0 radical (unpaired) electrons. The van der Waals surface area contributed by atoms with E-state index in [1.807, 2.05) is 13.8 Å². The molecule has 0 fully saturated rings. The molecule has 11 nitrogen and oxygen atoms in total. The van der Waals surface area contributed by atoms with E-state index in [1.54, 1.807) is 42.5 Å². The lowest BCUT2D eigenvalue weighted by molar-refractivity contribution is -0.136. The summed E-state index contributed by atoms with van der Waals surface area (Å²) in [4.78, 5) is 37.6. The molecule has 3 amide bonds. The van der Waals surface area contributed by atoms with Crippen molar-refractivity contribution < 1.29 is 32.6 Å². The fraction of sp³-hybridized carbons (Fsp3) is 0.464. The minimum Gasteiger partial charge on any atom is -0.494 e. The SMILES string of the molecule is CC(C)CCN(C[C@@H](O)[C@@H]1Cc2ccc(cc2)OCCCC(=O)N[C@@H](C(N)=O)C(=O)N1)S(=O)(=O)c1ccccc1. The first-order chi connectivity index (χ1) is 19.0. The maximum absolute atomic E-state index is 13.5. The standard InChI is InChI=1S/C28H38N4O7S/c1-19(2)14-15-32(40(37,38)22-7-4-3-5-8-22)18-24(33)23-17-20-10-12-21(13-11-20)39-16-6-9-25(34)31-26(27(29)35)28(36)30-23/h3-5,7-8,10-13,19,23-24,26,33H,6,9,14-18H2,1-2H3,(H2,29,35)(H,30,36)(H,31,34)/t23-,24+,26-/m0/s1. The number of hydrogen-bond donors (Lipinski definition) is 4. The van der Waals surface area contributed by atoms with Gasteiger partial charge in [0.1, 0.15) is 5.75 Å². The van der Waals surface area contributed by atoms with Crippen molar-refractivity contribution in [2.75, 3.05) is 19.7 Å². The highest BCUT2D eigenvalue weighted by Crippen LogP contribution is 2.20. The van der Waals surface area contributed by atoms with Crippen molar-refractivity contribution in [3.8, 4) is 5.75 Å². The lowest BCUT2D eigenvalue weighted by Gasteiger charge is -2.31. The third-order valence-corrected chi connectivity index (χ3v) is 8.45. The number of aliphatic hydroxyl groups excluding tert-OH is 1. The maximum Gasteiger partial charge on any atom is 0.252 e. The van der Waals surface area contributed by atoms with Gasteiger partial charge in [-0.3, -0.25) is 14.4 Å². The number of nitrogens with one attached hydrogen (secondary N) is 2. The summed E-state index contributed by atoms with van der Waals surface area (Å²) in [5, 5.41) is 16.3. The number of nitrogens with zero attached hydrogens (tertiary/aromatic N) is 1. The Hall–Kier alpha value is -3.48. The fourth-order valence-corrected chi connectivity index (χ4v) is 5.73. The molecule has 0 aromatic heterocycles. The normalized spacial score (nSPS) is 19.7. The van der Waals surface area contributed by atoms with Gasteiger partial charge >= 0.3 is 0 Å². The highest BCUT2D eigenvalue weighted by atomic mass is 32.2. The Kier molecular flexibility index (Phi) is 11.1. The summed E-state index contributed by atoms with van der Waals surface area (Å²) in [6, 6.07) is 12.3. The van der Waals surface area contributed by atoms with E-state index in [1.165, 1.54) is 16.4 Å². The molecule has 0 spiro atoms. The topological polar surface area (TPSA) is 168 Å². The average molecular weight is 575 g/mol. The molecule has 12 heteroatoms. The highest BCUT2D eigenvalue weighted by Gasteiger charge is 2.34. The Balaban J connectivity index is 1.93. The van der Waals surface area contributed by atoms with Crippen molar-refractivity contribution in [2.24, 2.45) is 11.7 Å². The summed E-state index contributed by atoms with van der Waals surface area (Å²) in [7, 11) is -3.96. The molecule has 218 valence electrons. The van der Waals surface area contributed by atoms with Gasteiger partial charge in [0.05, 0.1) is 23.6 Å². The number of carbonyl (C=O) groups excluding carboxylic acids is 3. The molecule has 0 saturated carbocycles. The molecular weight excluding hydrogens is 536 g/mol. The first kappa shape index (κ1) is 31.1. The number of sulfonamides is 1. The van der Waals surface area contributed by atoms with Crippen LogP contribution >= 0.6 is 0 Å². The van der Waals surface area contributed by atoms with Crippen LogP contribution in [0.2, 0.25) is 0 Å². The molecule has 2 aliphatic rings. The predicted octanol–water partition coefficient (Wildman–Crippen LogP) is 0.955. The molecule has 2 aliphatic heterocycles. The van der Waals surface area contributed by atoms with Crippen molar-refractivity contribution in [1.29, 1.82) is 0 Å². The van der Waals surface area contributed by atoms with Gasteiger partial charge in [-0.05, 0) is 55.0 Å². The number of hydrogen-bond acceptors (Lipinski definition) is 7. The molecule has 0 saturated heterocycles. The Morgan fingerprint density at radius 2 is 1.77 bits per heavy atom. The summed E-state index contributed by atoms with van der Waals surface area (Å²) in [6.07, 6.45) is -0.359. The summed E-state index contributed by atoms with van der Waals surface area (Å²) >= 11 is 0. The van der Waals surface area contributed by atoms with E-state index >= 15 is 0 Å². The second kappa shape index (κ2) is 14.2. The number of carbonyl (C=O) groups is 3. The van der Waals surface area contributed by atoms with E-state index in [4.69, 9.17) is 10.5 Å². The summed E-state index contributed by atoms with van der Waals surface area (Å²) in [5.74, 6) is -1.73. The quantitative estimate of drug-likeness (QED) is 0.323. The van der Waals surface area contributed by atoms with Gasteiger partial charge in [-0.25, -0.2) is 8.42 Å². The predicted molar refractivity (Wildman–Crippen MR) is 149 cm³/mol. The van der Waals surface area contributed by atoms with E-state index in [0.29, 0.717) is 18.6 Å². The average Bonchev–Trinajstić information content (AvgIpc) is 2.92. The van der Waals surface area contributed by atoms with Crippen LogP contribution in [0.4, 0.5) is 0 Å². The molecule has 40 heavy (non-hydrogen) atoms. The van der Waals surface area contributed by atoms with E-state index < -0.39 is 45.9 Å². The summed E-state index contributed by atoms with van der Waals surface area (Å²) < 4.78 is 33.9. The van der Waals surface area contributed by atoms with Gasteiger partial charge in [0.25, 0.3) is 5.91 Å². The van der Waals surface area contributed by atoms with E-state index in [-0.39, 0.29) is 43.4 Å². The molecule has 5 N–H and O–H groups in total. The molecule has 0 aliphatic carbocycles. The lowest BCUT2D eigenvalue weighted by atomic mass is 10.00. The molecule has 4 rings (SSSR count). The Morgan fingerprint density at radius 1 is 1.10 bits per heavy atom. The van der Waals surface area contributed by atoms with E-state index in [2.05, 4.69) is 10.6 Å². The monoisotopic (exact) mass is 574 g/mol. The third kappa shape index (κ3) is 8.77. The first-order valence-electron chi connectivity index (χ1n) is 13.3. The number of ether oxygens (including phenoxy) is 1. The van der Waals surface area contributed by atoms with Crippen molar-refractivity contribution in [3.05, 3.63) is 60.2 Å². The Labute approximate surface area is 235 Å². The van der Waals surface area contributed by atoms with E-state index in [9.17, 15) is 27.9 Å².